The Balaban J connectivity index is 1.56. The van der Waals surface area contributed by atoms with E-state index in [0.717, 1.165) is 31.5 Å². The smallest absolute Gasteiger partial charge is 0.273 e. The Morgan fingerprint density at radius 1 is 1.30 bits per heavy atom. The third-order valence-electron chi connectivity index (χ3n) is 4.45. The van der Waals surface area contributed by atoms with Gasteiger partial charge in [-0.2, -0.15) is 0 Å². The van der Waals surface area contributed by atoms with E-state index in [9.17, 15) is 4.79 Å². The fourth-order valence-electron chi connectivity index (χ4n) is 2.84. The van der Waals surface area contributed by atoms with Crippen LogP contribution in [0.2, 0.25) is 0 Å². The number of nitrogens with one attached hydrogen (secondary N) is 2. The summed E-state index contributed by atoms with van der Waals surface area (Å²) in [6.07, 6.45) is 3.86. The van der Waals surface area contributed by atoms with Crippen molar-refractivity contribution in [2.75, 3.05) is 19.6 Å². The van der Waals surface area contributed by atoms with Crippen LogP contribution in [0.4, 0.5) is 0 Å². The lowest BCUT2D eigenvalue weighted by Gasteiger charge is -2.33. The van der Waals surface area contributed by atoms with Crippen molar-refractivity contribution in [1.29, 1.82) is 0 Å². The Kier molecular flexibility index (Phi) is 4.71. The summed E-state index contributed by atoms with van der Waals surface area (Å²) in [5.74, 6) is -0.149. The monoisotopic (exact) mass is 313 g/mol. The summed E-state index contributed by atoms with van der Waals surface area (Å²) < 4.78 is 1.69. The largest absolute Gasteiger partial charge is 0.350 e. The normalized spacial score (nSPS) is 16.9. The molecular weight excluding hydrogens is 290 g/mol. The summed E-state index contributed by atoms with van der Waals surface area (Å²) in [5, 5.41) is 14.4. The summed E-state index contributed by atoms with van der Waals surface area (Å²) >= 11 is 0. The van der Waals surface area contributed by atoms with Gasteiger partial charge in [0.1, 0.15) is 0 Å². The van der Waals surface area contributed by atoms with Gasteiger partial charge in [-0.05, 0) is 36.9 Å². The lowest BCUT2D eigenvalue weighted by Crippen LogP contribution is -2.43. The average Bonchev–Trinajstić information content (AvgIpc) is 3.03. The molecule has 0 radical (unpaired) electrons. The van der Waals surface area contributed by atoms with Gasteiger partial charge >= 0.3 is 0 Å². The molecule has 6 nitrogen and oxygen atoms in total. The molecule has 0 atom stereocenters. The fourth-order valence-corrected chi connectivity index (χ4v) is 2.84. The molecule has 0 aliphatic carbocycles. The van der Waals surface area contributed by atoms with Crippen molar-refractivity contribution in [1.82, 2.24) is 25.6 Å². The molecule has 1 amide bonds. The van der Waals surface area contributed by atoms with Gasteiger partial charge in [0.25, 0.3) is 5.91 Å². The van der Waals surface area contributed by atoms with Crippen LogP contribution in [0.5, 0.6) is 0 Å². The maximum atomic E-state index is 12.3. The van der Waals surface area contributed by atoms with E-state index >= 15 is 0 Å². The molecule has 1 aliphatic heterocycles. The van der Waals surface area contributed by atoms with Crippen LogP contribution in [0, 0.1) is 5.41 Å². The molecule has 0 saturated carbocycles. The highest BCUT2D eigenvalue weighted by atomic mass is 16.2. The highest BCUT2D eigenvalue weighted by Gasteiger charge is 2.27. The van der Waals surface area contributed by atoms with Gasteiger partial charge in [-0.1, -0.05) is 42.5 Å². The van der Waals surface area contributed by atoms with Crippen LogP contribution < -0.4 is 10.6 Å². The molecule has 0 spiro atoms. The van der Waals surface area contributed by atoms with Gasteiger partial charge in [-0.25, -0.2) is 4.68 Å². The van der Waals surface area contributed by atoms with E-state index in [1.807, 2.05) is 30.3 Å². The van der Waals surface area contributed by atoms with Crippen molar-refractivity contribution in [3.8, 4) is 0 Å². The van der Waals surface area contributed by atoms with Gasteiger partial charge < -0.3 is 10.6 Å². The van der Waals surface area contributed by atoms with E-state index in [1.165, 1.54) is 0 Å². The number of benzene rings is 1. The van der Waals surface area contributed by atoms with Gasteiger partial charge in [0.2, 0.25) is 0 Å². The maximum Gasteiger partial charge on any atom is 0.273 e. The summed E-state index contributed by atoms with van der Waals surface area (Å²) in [6.45, 7) is 5.54. The molecule has 1 aromatic heterocycles. The van der Waals surface area contributed by atoms with Crippen LogP contribution in [0.25, 0.3) is 0 Å². The predicted octanol–water partition coefficient (Wildman–Crippen LogP) is 1.45. The number of carbonyl (C=O) groups excluding carboxylic acids is 1. The number of hydrogen-bond acceptors (Lipinski definition) is 4. The SMILES string of the molecule is CC1(CNC(=O)c2cn(Cc3ccccc3)nn2)CCNCC1. The first kappa shape index (κ1) is 15.7. The van der Waals surface area contributed by atoms with Crippen molar-refractivity contribution in [3.63, 3.8) is 0 Å². The van der Waals surface area contributed by atoms with Gasteiger partial charge in [-0.15, -0.1) is 5.10 Å². The second-order valence-electron chi connectivity index (χ2n) is 6.53. The van der Waals surface area contributed by atoms with Crippen molar-refractivity contribution in [2.45, 2.75) is 26.3 Å². The zero-order chi connectivity index (χ0) is 16.1. The Hall–Kier alpha value is -2.21. The molecule has 3 rings (SSSR count). The number of nitrogens with zero attached hydrogens (tertiary/aromatic N) is 3. The van der Waals surface area contributed by atoms with Crippen LogP contribution in [0.3, 0.4) is 0 Å². The molecular formula is C17H23N5O. The van der Waals surface area contributed by atoms with Crippen LogP contribution in [-0.2, 0) is 6.54 Å². The number of carbonyl (C=O) groups is 1. The van der Waals surface area contributed by atoms with E-state index in [4.69, 9.17) is 0 Å². The quantitative estimate of drug-likeness (QED) is 0.876. The Labute approximate surface area is 136 Å². The van der Waals surface area contributed by atoms with Gasteiger partial charge in [0.15, 0.2) is 5.69 Å². The minimum atomic E-state index is -0.149. The topological polar surface area (TPSA) is 71.8 Å². The third kappa shape index (κ3) is 4.16. The lowest BCUT2D eigenvalue weighted by molar-refractivity contribution is 0.0917. The number of piperidine rings is 1. The molecule has 1 aromatic carbocycles. The summed E-state index contributed by atoms with van der Waals surface area (Å²) in [5.41, 5.74) is 1.67. The highest BCUT2D eigenvalue weighted by molar-refractivity contribution is 5.91. The molecule has 1 saturated heterocycles. The predicted molar refractivity (Wildman–Crippen MR) is 88.1 cm³/mol. The molecule has 6 heteroatoms. The molecule has 2 aromatic rings. The molecule has 0 bridgehead atoms. The number of hydrogen-bond donors (Lipinski definition) is 2. The first-order valence-electron chi connectivity index (χ1n) is 8.08. The number of rotatable bonds is 5. The fraction of sp³-hybridized carbons (Fsp3) is 0.471. The van der Waals surface area contributed by atoms with Crippen molar-refractivity contribution in [2.24, 2.45) is 5.41 Å². The van der Waals surface area contributed by atoms with Crippen LogP contribution in [0.15, 0.2) is 36.5 Å². The molecule has 2 heterocycles. The molecule has 23 heavy (non-hydrogen) atoms. The van der Waals surface area contributed by atoms with Crippen molar-refractivity contribution in [3.05, 3.63) is 47.8 Å². The molecule has 1 fully saturated rings. The number of amides is 1. The second-order valence-corrected chi connectivity index (χ2v) is 6.53. The lowest BCUT2D eigenvalue weighted by atomic mass is 9.81. The van der Waals surface area contributed by atoms with E-state index in [2.05, 4.69) is 27.9 Å². The summed E-state index contributed by atoms with van der Waals surface area (Å²) in [6, 6.07) is 10.0. The third-order valence-corrected chi connectivity index (χ3v) is 4.45. The van der Waals surface area contributed by atoms with E-state index in [1.54, 1.807) is 10.9 Å². The van der Waals surface area contributed by atoms with E-state index in [0.29, 0.717) is 18.8 Å². The minimum absolute atomic E-state index is 0.149. The number of aromatic nitrogens is 3. The molecule has 1 aliphatic rings. The minimum Gasteiger partial charge on any atom is -0.350 e. The van der Waals surface area contributed by atoms with Gasteiger partial charge in [0.05, 0.1) is 12.7 Å². The van der Waals surface area contributed by atoms with Crippen LogP contribution >= 0.6 is 0 Å². The standard InChI is InChI=1S/C17H23N5O/c1-17(7-9-18-10-8-17)13-19-16(23)15-12-22(21-20-15)11-14-5-3-2-4-6-14/h2-6,12,18H,7-11,13H2,1H3,(H,19,23). The molecule has 122 valence electrons. The van der Waals surface area contributed by atoms with Gasteiger partial charge in [-0.3, -0.25) is 4.79 Å². The Bertz CT molecular complexity index is 646. The zero-order valence-corrected chi connectivity index (χ0v) is 13.5. The van der Waals surface area contributed by atoms with Crippen molar-refractivity contribution < 1.29 is 4.79 Å². The molecule has 2 N–H and O–H groups in total. The summed E-state index contributed by atoms with van der Waals surface area (Å²) in [7, 11) is 0. The zero-order valence-electron chi connectivity index (χ0n) is 13.5. The van der Waals surface area contributed by atoms with Gasteiger partial charge in [0, 0.05) is 6.54 Å². The van der Waals surface area contributed by atoms with Crippen molar-refractivity contribution >= 4 is 5.91 Å². The Morgan fingerprint density at radius 2 is 2.04 bits per heavy atom. The van der Waals surface area contributed by atoms with Crippen LogP contribution in [-0.4, -0.2) is 40.5 Å². The van der Waals surface area contributed by atoms with E-state index < -0.39 is 0 Å². The first-order valence-corrected chi connectivity index (χ1v) is 8.08. The average molecular weight is 313 g/mol. The maximum absolute atomic E-state index is 12.3. The second kappa shape index (κ2) is 6.91. The van der Waals surface area contributed by atoms with Crippen LogP contribution in [0.1, 0.15) is 35.8 Å². The highest BCUT2D eigenvalue weighted by Crippen LogP contribution is 2.26. The van der Waals surface area contributed by atoms with E-state index in [-0.39, 0.29) is 11.3 Å². The Morgan fingerprint density at radius 3 is 2.78 bits per heavy atom. The molecule has 0 unspecified atom stereocenters. The summed E-state index contributed by atoms with van der Waals surface area (Å²) in [4.78, 5) is 12.3. The first-order chi connectivity index (χ1) is 11.1.